The SMILES string of the molecule is CN1CC(C)(C)c2[nH]c(-c3ccnc(NC(=O)C(CC(F)F)c4ccc(F)cc4)c3)c(-c3ccccc3)c2C1=O. The maximum Gasteiger partial charge on any atom is 0.256 e. The van der Waals surface area contributed by atoms with Gasteiger partial charge in [-0.05, 0) is 35.4 Å². The van der Waals surface area contributed by atoms with Crippen LogP contribution in [0.5, 0.6) is 0 Å². The van der Waals surface area contributed by atoms with E-state index in [4.69, 9.17) is 0 Å². The predicted molar refractivity (Wildman–Crippen MR) is 148 cm³/mol. The molecule has 0 radical (unpaired) electrons. The Balaban J connectivity index is 1.56. The number of halogens is 3. The minimum atomic E-state index is -2.74. The van der Waals surface area contributed by atoms with Gasteiger partial charge in [0, 0.05) is 48.4 Å². The van der Waals surface area contributed by atoms with E-state index in [0.717, 1.165) is 29.0 Å². The number of likely N-dealkylation sites (N-methyl/N-ethyl adjacent to an activating group) is 1. The second-order valence-electron chi connectivity index (χ2n) is 10.7. The number of carbonyl (C=O) groups is 2. The minimum absolute atomic E-state index is 0.0904. The lowest BCUT2D eigenvalue weighted by Gasteiger charge is -2.35. The van der Waals surface area contributed by atoms with Crippen molar-refractivity contribution in [2.45, 2.75) is 38.0 Å². The lowest BCUT2D eigenvalue weighted by atomic mass is 9.81. The number of aromatic amines is 1. The summed E-state index contributed by atoms with van der Waals surface area (Å²) in [7, 11) is 1.78. The van der Waals surface area contributed by atoms with Gasteiger partial charge in [-0.25, -0.2) is 18.2 Å². The van der Waals surface area contributed by atoms with E-state index in [1.165, 1.54) is 18.3 Å². The van der Waals surface area contributed by atoms with Crippen LogP contribution < -0.4 is 5.32 Å². The summed E-state index contributed by atoms with van der Waals surface area (Å²) in [6, 6.07) is 17.9. The number of H-pyrrole nitrogens is 1. The van der Waals surface area contributed by atoms with E-state index in [0.29, 0.717) is 23.4 Å². The largest absolute Gasteiger partial charge is 0.357 e. The number of alkyl halides is 2. The Morgan fingerprint density at radius 3 is 2.42 bits per heavy atom. The fraction of sp³-hybridized carbons (Fsp3) is 0.258. The highest BCUT2D eigenvalue weighted by Crippen LogP contribution is 2.44. The molecule has 6 nitrogen and oxygen atoms in total. The average molecular weight is 547 g/mol. The molecule has 1 aliphatic heterocycles. The van der Waals surface area contributed by atoms with Gasteiger partial charge >= 0.3 is 0 Å². The summed E-state index contributed by atoms with van der Waals surface area (Å²) in [5.74, 6) is -2.32. The Morgan fingerprint density at radius 1 is 1.05 bits per heavy atom. The third-order valence-corrected chi connectivity index (χ3v) is 7.23. The lowest BCUT2D eigenvalue weighted by molar-refractivity contribution is -0.118. The molecule has 0 saturated heterocycles. The van der Waals surface area contributed by atoms with Crippen LogP contribution in [0.15, 0.2) is 72.9 Å². The van der Waals surface area contributed by atoms with Gasteiger partial charge in [0.25, 0.3) is 5.91 Å². The Kier molecular flexibility index (Phi) is 7.23. The zero-order chi connectivity index (χ0) is 28.6. The summed E-state index contributed by atoms with van der Waals surface area (Å²) < 4.78 is 40.2. The van der Waals surface area contributed by atoms with Crippen LogP contribution in [-0.2, 0) is 10.2 Å². The second-order valence-corrected chi connectivity index (χ2v) is 10.7. The number of anilines is 1. The number of nitrogens with zero attached hydrogens (tertiary/aromatic N) is 2. The number of rotatable bonds is 7. The Bertz CT molecular complexity index is 1550. The first-order chi connectivity index (χ1) is 19.0. The molecule has 4 aromatic rings. The molecule has 0 aliphatic carbocycles. The molecule has 0 saturated carbocycles. The first kappa shape index (κ1) is 27.2. The van der Waals surface area contributed by atoms with Crippen LogP contribution in [0.25, 0.3) is 22.4 Å². The highest BCUT2D eigenvalue weighted by Gasteiger charge is 2.40. The normalized spacial score (nSPS) is 15.2. The quantitative estimate of drug-likeness (QED) is 0.273. The van der Waals surface area contributed by atoms with E-state index in [-0.39, 0.29) is 22.7 Å². The van der Waals surface area contributed by atoms with Crippen molar-refractivity contribution in [3.63, 3.8) is 0 Å². The van der Waals surface area contributed by atoms with Crippen molar-refractivity contribution in [1.82, 2.24) is 14.9 Å². The van der Waals surface area contributed by atoms with Crippen molar-refractivity contribution >= 4 is 17.6 Å². The molecule has 1 atom stereocenters. The molecule has 0 bridgehead atoms. The Morgan fingerprint density at radius 2 is 1.75 bits per heavy atom. The maximum absolute atomic E-state index is 13.4. The fourth-order valence-electron chi connectivity index (χ4n) is 5.40. The number of amides is 2. The van der Waals surface area contributed by atoms with E-state index in [1.54, 1.807) is 24.1 Å². The van der Waals surface area contributed by atoms with Crippen LogP contribution in [0.4, 0.5) is 19.0 Å². The molecule has 1 aliphatic rings. The number of hydrogen-bond acceptors (Lipinski definition) is 3. The lowest BCUT2D eigenvalue weighted by Crippen LogP contribution is -2.44. The molecule has 3 heterocycles. The van der Waals surface area contributed by atoms with Gasteiger partial charge in [0.15, 0.2) is 0 Å². The van der Waals surface area contributed by atoms with Gasteiger partial charge in [-0.15, -0.1) is 0 Å². The molecule has 2 aromatic heterocycles. The van der Waals surface area contributed by atoms with Gasteiger partial charge in [0.2, 0.25) is 12.3 Å². The summed E-state index contributed by atoms with van der Waals surface area (Å²) in [5.41, 5.74) is 4.29. The summed E-state index contributed by atoms with van der Waals surface area (Å²) >= 11 is 0. The first-order valence-electron chi connectivity index (χ1n) is 12.9. The van der Waals surface area contributed by atoms with Gasteiger partial charge in [-0.3, -0.25) is 9.59 Å². The number of benzene rings is 2. The fourth-order valence-corrected chi connectivity index (χ4v) is 5.40. The topological polar surface area (TPSA) is 78.1 Å². The van der Waals surface area contributed by atoms with Crippen molar-refractivity contribution < 1.29 is 22.8 Å². The van der Waals surface area contributed by atoms with Crippen LogP contribution in [0.1, 0.15) is 47.8 Å². The van der Waals surface area contributed by atoms with Gasteiger partial charge in [-0.2, -0.15) is 0 Å². The van der Waals surface area contributed by atoms with Crippen molar-refractivity contribution in [3.05, 3.63) is 95.6 Å². The number of nitrogens with one attached hydrogen (secondary N) is 2. The first-order valence-corrected chi connectivity index (χ1v) is 12.9. The molecule has 2 N–H and O–H groups in total. The average Bonchev–Trinajstić information content (AvgIpc) is 3.34. The molecule has 0 fully saturated rings. The molecule has 0 spiro atoms. The van der Waals surface area contributed by atoms with E-state index in [2.05, 4.69) is 29.1 Å². The Labute approximate surface area is 230 Å². The molecular formula is C31H29F3N4O2. The molecule has 9 heteroatoms. The van der Waals surface area contributed by atoms with Crippen molar-refractivity contribution in [2.24, 2.45) is 0 Å². The van der Waals surface area contributed by atoms with Gasteiger partial charge in [0.05, 0.1) is 17.2 Å². The molecule has 40 heavy (non-hydrogen) atoms. The molecule has 1 unspecified atom stereocenters. The van der Waals surface area contributed by atoms with E-state index >= 15 is 0 Å². The molecule has 5 rings (SSSR count). The van der Waals surface area contributed by atoms with Crippen LogP contribution in [-0.4, -0.2) is 46.7 Å². The summed E-state index contributed by atoms with van der Waals surface area (Å²) in [5, 5.41) is 2.66. The van der Waals surface area contributed by atoms with Crippen LogP contribution in [0.3, 0.4) is 0 Å². The monoisotopic (exact) mass is 546 g/mol. The summed E-state index contributed by atoms with van der Waals surface area (Å²) in [6.07, 6.45) is -1.94. The molecular weight excluding hydrogens is 517 g/mol. The van der Waals surface area contributed by atoms with Gasteiger partial charge in [0.1, 0.15) is 11.6 Å². The summed E-state index contributed by atoms with van der Waals surface area (Å²) in [4.78, 5) is 36.0. The van der Waals surface area contributed by atoms with Crippen molar-refractivity contribution in [2.75, 3.05) is 18.9 Å². The zero-order valence-electron chi connectivity index (χ0n) is 22.3. The Hall–Kier alpha value is -4.40. The summed E-state index contributed by atoms with van der Waals surface area (Å²) in [6.45, 7) is 4.68. The number of carbonyl (C=O) groups excluding carboxylic acids is 2. The highest BCUT2D eigenvalue weighted by atomic mass is 19.3. The van der Waals surface area contributed by atoms with E-state index in [9.17, 15) is 22.8 Å². The standard InChI is InChI=1S/C31H29F3N4O2/c1-31(2)17-38(3)30(40)26-25(19-7-5-4-6-8-19)27(37-28(26)31)20-13-14-35-24(15-20)36-29(39)22(16-23(33)34)18-9-11-21(32)12-10-18/h4-15,22-23,37H,16-17H2,1-3H3,(H,35,36,39). The molecule has 206 valence electrons. The third kappa shape index (κ3) is 5.23. The van der Waals surface area contributed by atoms with E-state index in [1.807, 2.05) is 30.3 Å². The highest BCUT2D eigenvalue weighted by molar-refractivity contribution is 6.07. The van der Waals surface area contributed by atoms with Crippen molar-refractivity contribution in [3.8, 4) is 22.4 Å². The third-order valence-electron chi connectivity index (χ3n) is 7.23. The minimum Gasteiger partial charge on any atom is -0.357 e. The predicted octanol–water partition coefficient (Wildman–Crippen LogP) is 6.62. The smallest absolute Gasteiger partial charge is 0.256 e. The zero-order valence-corrected chi connectivity index (χ0v) is 22.3. The van der Waals surface area contributed by atoms with Crippen molar-refractivity contribution in [1.29, 1.82) is 0 Å². The molecule has 2 aromatic carbocycles. The second kappa shape index (κ2) is 10.6. The number of fused-ring (bicyclic) bond motifs is 1. The molecule has 2 amide bonds. The van der Waals surface area contributed by atoms with Crippen LogP contribution in [0.2, 0.25) is 0 Å². The number of hydrogen-bond donors (Lipinski definition) is 2. The van der Waals surface area contributed by atoms with Gasteiger partial charge < -0.3 is 15.2 Å². The van der Waals surface area contributed by atoms with Crippen LogP contribution >= 0.6 is 0 Å². The van der Waals surface area contributed by atoms with Crippen LogP contribution in [0, 0.1) is 5.82 Å². The number of pyridine rings is 1. The number of aromatic nitrogens is 2. The maximum atomic E-state index is 13.4. The van der Waals surface area contributed by atoms with Gasteiger partial charge in [-0.1, -0.05) is 56.3 Å². The van der Waals surface area contributed by atoms with E-state index < -0.39 is 30.5 Å².